The highest BCUT2D eigenvalue weighted by Gasteiger charge is 2.30. The lowest BCUT2D eigenvalue weighted by Gasteiger charge is -2.31. The lowest BCUT2D eigenvalue weighted by Crippen LogP contribution is -2.40. The van der Waals surface area contributed by atoms with Crippen LogP contribution in [0.25, 0.3) is 0 Å². The molecule has 1 aromatic rings. The third kappa shape index (κ3) is 4.92. The average molecular weight is 426 g/mol. The molecule has 1 aliphatic rings. The van der Waals surface area contributed by atoms with Crippen LogP contribution in [-0.4, -0.2) is 38.9 Å². The van der Waals surface area contributed by atoms with Crippen molar-refractivity contribution in [2.24, 2.45) is 5.92 Å². The largest absolute Gasteiger partial charge is 0.317 e. The van der Waals surface area contributed by atoms with Crippen LogP contribution in [0, 0.1) is 19.8 Å². The molecule has 0 saturated carbocycles. The highest BCUT2D eigenvalue weighted by molar-refractivity contribution is 9.10. The van der Waals surface area contributed by atoms with Gasteiger partial charge < -0.3 is 5.32 Å². The van der Waals surface area contributed by atoms with Crippen LogP contribution in [0.15, 0.2) is 21.5 Å². The van der Waals surface area contributed by atoms with Gasteiger partial charge in [0.15, 0.2) is 0 Å². The number of halogens is 2. The van der Waals surface area contributed by atoms with E-state index in [-0.39, 0.29) is 12.4 Å². The van der Waals surface area contributed by atoms with Gasteiger partial charge in [-0.15, -0.1) is 12.4 Å². The Morgan fingerprint density at radius 1 is 1.22 bits per heavy atom. The van der Waals surface area contributed by atoms with Crippen LogP contribution < -0.4 is 5.32 Å². The van der Waals surface area contributed by atoms with E-state index in [0.29, 0.717) is 23.9 Å². The van der Waals surface area contributed by atoms with E-state index in [0.717, 1.165) is 41.5 Å². The molecule has 0 aromatic heterocycles. The van der Waals surface area contributed by atoms with E-state index in [9.17, 15) is 8.42 Å². The van der Waals surface area contributed by atoms with E-state index in [4.69, 9.17) is 0 Å². The molecule has 7 heteroatoms. The molecule has 4 nitrogen and oxygen atoms in total. The molecular weight excluding hydrogens is 400 g/mol. The summed E-state index contributed by atoms with van der Waals surface area (Å²) in [6.07, 6.45) is 1.86. The Hall–Kier alpha value is -0.140. The van der Waals surface area contributed by atoms with E-state index < -0.39 is 10.0 Å². The van der Waals surface area contributed by atoms with Gasteiger partial charge in [0.1, 0.15) is 0 Å². The smallest absolute Gasteiger partial charge is 0.243 e. The van der Waals surface area contributed by atoms with Crippen molar-refractivity contribution in [3.63, 3.8) is 0 Å². The topological polar surface area (TPSA) is 49.4 Å². The van der Waals surface area contributed by atoms with Crippen LogP contribution in [0.5, 0.6) is 0 Å². The summed E-state index contributed by atoms with van der Waals surface area (Å²) < 4.78 is 28.4. The fourth-order valence-corrected chi connectivity index (χ4v) is 5.09. The Kier molecular flexibility index (Phi) is 8.01. The van der Waals surface area contributed by atoms with E-state index in [2.05, 4.69) is 28.2 Å². The monoisotopic (exact) mass is 424 g/mol. The van der Waals surface area contributed by atoms with Gasteiger partial charge in [-0.2, -0.15) is 4.31 Å². The highest BCUT2D eigenvalue weighted by atomic mass is 79.9. The van der Waals surface area contributed by atoms with Crippen molar-refractivity contribution in [3.8, 4) is 0 Å². The molecule has 132 valence electrons. The second-order valence-corrected chi connectivity index (χ2v) is 8.78. The van der Waals surface area contributed by atoms with Gasteiger partial charge in [0.2, 0.25) is 10.0 Å². The standard InChI is InChI=1S/C16H25BrN2O2S.ClH/c1-4-18-11-14-5-7-19(8-6-14)22(20,21)16-10-12(2)15(17)9-13(16)3;/h9-10,14,18H,4-8,11H2,1-3H3;1H. The van der Waals surface area contributed by atoms with Gasteiger partial charge >= 0.3 is 0 Å². The lowest BCUT2D eigenvalue weighted by atomic mass is 9.98. The summed E-state index contributed by atoms with van der Waals surface area (Å²) in [5.74, 6) is 0.583. The average Bonchev–Trinajstić information content (AvgIpc) is 2.49. The third-order valence-electron chi connectivity index (χ3n) is 4.33. The predicted octanol–water partition coefficient (Wildman–Crippen LogP) is 3.50. The minimum atomic E-state index is -3.38. The molecule has 1 saturated heterocycles. The fourth-order valence-electron chi connectivity index (χ4n) is 2.87. The zero-order chi connectivity index (χ0) is 16.3. The van der Waals surface area contributed by atoms with Gasteiger partial charge in [-0.25, -0.2) is 8.42 Å². The van der Waals surface area contributed by atoms with Crippen molar-refractivity contribution in [2.45, 2.75) is 38.5 Å². The van der Waals surface area contributed by atoms with Gasteiger partial charge in [0.05, 0.1) is 4.90 Å². The van der Waals surface area contributed by atoms with Crippen LogP contribution in [0.2, 0.25) is 0 Å². The fraction of sp³-hybridized carbons (Fsp3) is 0.625. The number of nitrogens with zero attached hydrogens (tertiary/aromatic N) is 1. The number of rotatable bonds is 5. The third-order valence-corrected chi connectivity index (χ3v) is 7.23. The second kappa shape index (κ2) is 8.81. The molecule has 0 amide bonds. The summed E-state index contributed by atoms with van der Waals surface area (Å²) in [5, 5.41) is 3.35. The Morgan fingerprint density at radius 3 is 2.39 bits per heavy atom. The minimum Gasteiger partial charge on any atom is -0.317 e. The second-order valence-electron chi connectivity index (χ2n) is 6.02. The van der Waals surface area contributed by atoms with E-state index in [1.165, 1.54) is 0 Å². The maximum Gasteiger partial charge on any atom is 0.243 e. The molecule has 1 N–H and O–H groups in total. The van der Waals surface area contributed by atoms with Crippen molar-refractivity contribution < 1.29 is 8.42 Å². The molecule has 0 spiro atoms. The van der Waals surface area contributed by atoms with Crippen LogP contribution in [0.1, 0.15) is 30.9 Å². The number of hydrogen-bond acceptors (Lipinski definition) is 3. The zero-order valence-electron chi connectivity index (χ0n) is 13.9. The first-order chi connectivity index (χ1) is 10.4. The summed E-state index contributed by atoms with van der Waals surface area (Å²) in [7, 11) is -3.38. The molecule has 23 heavy (non-hydrogen) atoms. The predicted molar refractivity (Wildman–Crippen MR) is 101 cm³/mol. The first kappa shape index (κ1) is 20.9. The molecule has 1 aliphatic heterocycles. The van der Waals surface area contributed by atoms with Crippen molar-refractivity contribution in [2.75, 3.05) is 26.2 Å². The van der Waals surface area contributed by atoms with Gasteiger partial charge in [0.25, 0.3) is 0 Å². The Bertz CT molecular complexity index is 629. The molecule has 0 radical (unpaired) electrons. The van der Waals surface area contributed by atoms with Gasteiger partial charge in [-0.05, 0) is 69.0 Å². The number of piperidine rings is 1. The lowest BCUT2D eigenvalue weighted by molar-refractivity contribution is 0.268. The molecular formula is C16H26BrClN2O2S. The van der Waals surface area contributed by atoms with Gasteiger partial charge in [0, 0.05) is 17.6 Å². The Balaban J connectivity index is 0.00000264. The van der Waals surface area contributed by atoms with Crippen LogP contribution in [0.4, 0.5) is 0 Å². The van der Waals surface area contributed by atoms with E-state index in [1.807, 2.05) is 19.9 Å². The van der Waals surface area contributed by atoms with Crippen molar-refractivity contribution in [3.05, 3.63) is 27.7 Å². The molecule has 0 unspecified atom stereocenters. The van der Waals surface area contributed by atoms with E-state index in [1.54, 1.807) is 10.4 Å². The van der Waals surface area contributed by atoms with Crippen molar-refractivity contribution >= 4 is 38.4 Å². The number of aryl methyl sites for hydroxylation is 2. The summed E-state index contributed by atoms with van der Waals surface area (Å²) in [6, 6.07) is 3.67. The number of nitrogens with one attached hydrogen (secondary N) is 1. The molecule has 0 atom stereocenters. The molecule has 1 fully saturated rings. The van der Waals surface area contributed by atoms with Crippen LogP contribution in [0.3, 0.4) is 0 Å². The molecule has 0 bridgehead atoms. The van der Waals surface area contributed by atoms with E-state index >= 15 is 0 Å². The number of benzene rings is 1. The Morgan fingerprint density at radius 2 is 1.83 bits per heavy atom. The van der Waals surface area contributed by atoms with Crippen LogP contribution in [-0.2, 0) is 10.0 Å². The SMILES string of the molecule is CCNCC1CCN(S(=O)(=O)c2cc(C)c(Br)cc2C)CC1.Cl. The molecule has 1 aromatic carbocycles. The maximum atomic E-state index is 12.9. The first-order valence-corrected chi connectivity index (χ1v) is 10.1. The van der Waals surface area contributed by atoms with Gasteiger partial charge in [-0.1, -0.05) is 22.9 Å². The van der Waals surface area contributed by atoms with Crippen molar-refractivity contribution in [1.82, 2.24) is 9.62 Å². The maximum absolute atomic E-state index is 12.9. The quantitative estimate of drug-likeness (QED) is 0.785. The number of hydrogen-bond donors (Lipinski definition) is 1. The molecule has 0 aliphatic carbocycles. The summed E-state index contributed by atoms with van der Waals surface area (Å²) in [5.41, 5.74) is 1.75. The summed E-state index contributed by atoms with van der Waals surface area (Å²) >= 11 is 3.46. The summed E-state index contributed by atoms with van der Waals surface area (Å²) in [6.45, 7) is 9.06. The highest BCUT2D eigenvalue weighted by Crippen LogP contribution is 2.29. The normalized spacial score (nSPS) is 17.0. The van der Waals surface area contributed by atoms with Crippen LogP contribution >= 0.6 is 28.3 Å². The minimum absolute atomic E-state index is 0. The van der Waals surface area contributed by atoms with Crippen molar-refractivity contribution in [1.29, 1.82) is 0 Å². The summed E-state index contributed by atoms with van der Waals surface area (Å²) in [4.78, 5) is 0.443. The molecule has 1 heterocycles. The Labute approximate surface area is 154 Å². The van der Waals surface area contributed by atoms with Gasteiger partial charge in [-0.3, -0.25) is 0 Å². The number of sulfonamides is 1. The zero-order valence-corrected chi connectivity index (χ0v) is 17.2. The molecule has 2 rings (SSSR count). The first-order valence-electron chi connectivity index (χ1n) is 7.84.